The van der Waals surface area contributed by atoms with E-state index >= 15 is 0 Å². The van der Waals surface area contributed by atoms with Crippen LogP contribution in [0.3, 0.4) is 0 Å². The number of rotatable bonds is 3. The predicted molar refractivity (Wildman–Crippen MR) is 89.1 cm³/mol. The van der Waals surface area contributed by atoms with Gasteiger partial charge in [0, 0.05) is 11.5 Å². The van der Waals surface area contributed by atoms with Gasteiger partial charge in [-0.05, 0) is 30.2 Å². The number of carbonyl (C=O) groups excluding carboxylic acids is 1. The number of hydrogen-bond donors (Lipinski definition) is 2. The Morgan fingerprint density at radius 3 is 2.71 bits per heavy atom. The van der Waals surface area contributed by atoms with Gasteiger partial charge in [0.1, 0.15) is 23.6 Å². The molecule has 0 fully saturated rings. The smallest absolute Gasteiger partial charge is 0.412 e. The molecular weight excluding hydrogens is 310 g/mol. The van der Waals surface area contributed by atoms with E-state index in [0.29, 0.717) is 10.9 Å². The molecule has 122 valence electrons. The van der Waals surface area contributed by atoms with Gasteiger partial charge in [-0.1, -0.05) is 30.3 Å². The molecular formula is C18H15NO5. The molecule has 0 aliphatic rings. The normalized spacial score (nSPS) is 10.5. The van der Waals surface area contributed by atoms with Gasteiger partial charge in [0.2, 0.25) is 0 Å². The van der Waals surface area contributed by atoms with Crippen molar-refractivity contribution in [3.8, 4) is 5.75 Å². The van der Waals surface area contributed by atoms with Gasteiger partial charge in [-0.15, -0.1) is 0 Å². The summed E-state index contributed by atoms with van der Waals surface area (Å²) in [7, 11) is 0. The minimum absolute atomic E-state index is 0.0225. The zero-order valence-electron chi connectivity index (χ0n) is 12.9. The van der Waals surface area contributed by atoms with Crippen LogP contribution in [0.1, 0.15) is 11.1 Å². The fraction of sp³-hybridized carbons (Fsp3) is 0.111. The second kappa shape index (κ2) is 6.45. The molecule has 0 atom stereocenters. The molecule has 2 N–H and O–H groups in total. The van der Waals surface area contributed by atoms with Gasteiger partial charge in [-0.2, -0.15) is 0 Å². The standard InChI is InChI=1S/C18H15NO5/c1-11-7-13-8-14(17(21)24-16(13)9-15(11)20)19-18(22)23-10-12-5-3-2-4-6-12/h2-9,20H,10H2,1H3,(H,19,22). The van der Waals surface area contributed by atoms with Crippen molar-refractivity contribution in [3.63, 3.8) is 0 Å². The third-order valence-corrected chi connectivity index (χ3v) is 3.50. The average Bonchev–Trinajstić information content (AvgIpc) is 2.57. The fourth-order valence-electron chi connectivity index (χ4n) is 2.23. The van der Waals surface area contributed by atoms with Crippen molar-refractivity contribution in [1.82, 2.24) is 0 Å². The number of hydrogen-bond acceptors (Lipinski definition) is 5. The number of nitrogens with one attached hydrogen (secondary N) is 1. The van der Waals surface area contributed by atoms with E-state index < -0.39 is 11.7 Å². The molecule has 0 aliphatic heterocycles. The number of carbonyl (C=O) groups is 1. The lowest BCUT2D eigenvalue weighted by atomic mass is 10.1. The lowest BCUT2D eigenvalue weighted by Gasteiger charge is -2.07. The lowest BCUT2D eigenvalue weighted by molar-refractivity contribution is 0.155. The third-order valence-electron chi connectivity index (χ3n) is 3.50. The van der Waals surface area contributed by atoms with Gasteiger partial charge < -0.3 is 14.3 Å². The Bertz CT molecular complexity index is 947. The first kappa shape index (κ1) is 15.6. The summed E-state index contributed by atoms with van der Waals surface area (Å²) < 4.78 is 10.2. The number of amides is 1. The highest BCUT2D eigenvalue weighted by Gasteiger charge is 2.11. The van der Waals surface area contributed by atoms with Crippen LogP contribution in [0.2, 0.25) is 0 Å². The van der Waals surface area contributed by atoms with Crippen molar-refractivity contribution in [2.24, 2.45) is 0 Å². The molecule has 0 bridgehead atoms. The number of aryl methyl sites for hydroxylation is 1. The quantitative estimate of drug-likeness (QED) is 0.719. The zero-order chi connectivity index (χ0) is 17.1. The molecule has 0 saturated heterocycles. The molecule has 3 rings (SSSR count). The van der Waals surface area contributed by atoms with E-state index in [-0.39, 0.29) is 23.6 Å². The molecule has 1 amide bonds. The minimum Gasteiger partial charge on any atom is -0.508 e. The monoisotopic (exact) mass is 325 g/mol. The summed E-state index contributed by atoms with van der Waals surface area (Å²) in [5.74, 6) is 0.0358. The van der Waals surface area contributed by atoms with Crippen LogP contribution in [0.25, 0.3) is 11.0 Å². The van der Waals surface area contributed by atoms with Gasteiger partial charge in [0.05, 0.1) is 0 Å². The van der Waals surface area contributed by atoms with Crippen molar-refractivity contribution in [3.05, 3.63) is 70.1 Å². The Morgan fingerprint density at radius 2 is 1.96 bits per heavy atom. The Balaban J connectivity index is 1.77. The molecule has 6 heteroatoms. The highest BCUT2D eigenvalue weighted by molar-refractivity contribution is 5.88. The first-order valence-electron chi connectivity index (χ1n) is 7.28. The minimum atomic E-state index is -0.749. The maximum absolute atomic E-state index is 11.9. The molecule has 0 saturated carbocycles. The summed E-state index contributed by atoms with van der Waals surface area (Å²) in [6, 6.07) is 13.7. The maximum Gasteiger partial charge on any atom is 0.412 e. The van der Waals surface area contributed by atoms with E-state index in [1.807, 2.05) is 30.3 Å². The van der Waals surface area contributed by atoms with Crippen LogP contribution in [0.5, 0.6) is 5.75 Å². The molecule has 3 aromatic rings. The topological polar surface area (TPSA) is 88.8 Å². The van der Waals surface area contributed by atoms with Crippen molar-refractivity contribution in [2.45, 2.75) is 13.5 Å². The van der Waals surface area contributed by atoms with E-state index in [4.69, 9.17) is 9.15 Å². The summed E-state index contributed by atoms with van der Waals surface area (Å²) in [5, 5.41) is 12.6. The lowest BCUT2D eigenvalue weighted by Crippen LogP contribution is -2.18. The number of benzene rings is 2. The van der Waals surface area contributed by atoms with Crippen LogP contribution in [-0.2, 0) is 11.3 Å². The molecule has 0 aliphatic carbocycles. The highest BCUT2D eigenvalue weighted by Crippen LogP contribution is 2.24. The fourth-order valence-corrected chi connectivity index (χ4v) is 2.23. The Labute approximate surface area is 137 Å². The van der Waals surface area contributed by atoms with Gasteiger partial charge in [-0.3, -0.25) is 5.32 Å². The van der Waals surface area contributed by atoms with Gasteiger partial charge in [0.25, 0.3) is 0 Å². The van der Waals surface area contributed by atoms with Crippen LogP contribution in [0, 0.1) is 6.92 Å². The third kappa shape index (κ3) is 3.38. The number of anilines is 1. The number of ether oxygens (including phenoxy) is 1. The summed E-state index contributed by atoms with van der Waals surface area (Å²) >= 11 is 0. The van der Waals surface area contributed by atoms with E-state index in [1.165, 1.54) is 12.1 Å². The van der Waals surface area contributed by atoms with Crippen molar-refractivity contribution >= 4 is 22.7 Å². The van der Waals surface area contributed by atoms with Crippen LogP contribution < -0.4 is 10.9 Å². The SMILES string of the molecule is Cc1cc2cc(NC(=O)OCc3ccccc3)c(=O)oc2cc1O. The Kier molecular flexibility index (Phi) is 4.20. The van der Waals surface area contributed by atoms with E-state index in [0.717, 1.165) is 5.56 Å². The van der Waals surface area contributed by atoms with Crippen LogP contribution in [0.4, 0.5) is 10.5 Å². The first-order chi connectivity index (χ1) is 11.5. The summed E-state index contributed by atoms with van der Waals surface area (Å²) in [4.78, 5) is 23.8. The number of aromatic hydroxyl groups is 1. The number of phenolic OH excluding ortho intramolecular Hbond substituents is 1. The second-order valence-electron chi connectivity index (χ2n) is 5.31. The molecule has 0 spiro atoms. The van der Waals surface area contributed by atoms with Gasteiger partial charge in [0.15, 0.2) is 0 Å². The van der Waals surface area contributed by atoms with Crippen LogP contribution >= 0.6 is 0 Å². The first-order valence-corrected chi connectivity index (χ1v) is 7.28. The van der Waals surface area contributed by atoms with Crippen LogP contribution in [-0.4, -0.2) is 11.2 Å². The average molecular weight is 325 g/mol. The predicted octanol–water partition coefficient (Wildman–Crippen LogP) is 3.56. The zero-order valence-corrected chi connectivity index (χ0v) is 12.9. The number of phenols is 1. The highest BCUT2D eigenvalue weighted by atomic mass is 16.5. The Morgan fingerprint density at radius 1 is 1.21 bits per heavy atom. The maximum atomic E-state index is 11.9. The van der Waals surface area contributed by atoms with Gasteiger partial charge >= 0.3 is 11.7 Å². The number of fused-ring (bicyclic) bond motifs is 1. The molecule has 1 aromatic heterocycles. The summed E-state index contributed by atoms with van der Waals surface area (Å²) in [6.07, 6.45) is -0.749. The van der Waals surface area contributed by atoms with Crippen LogP contribution in [0.15, 0.2) is 57.7 Å². The van der Waals surface area contributed by atoms with E-state index in [1.54, 1.807) is 13.0 Å². The van der Waals surface area contributed by atoms with E-state index in [9.17, 15) is 14.7 Å². The molecule has 6 nitrogen and oxygen atoms in total. The summed E-state index contributed by atoms with van der Waals surface area (Å²) in [6.45, 7) is 1.82. The van der Waals surface area contributed by atoms with Crippen molar-refractivity contribution in [1.29, 1.82) is 0 Å². The largest absolute Gasteiger partial charge is 0.508 e. The second-order valence-corrected chi connectivity index (χ2v) is 5.31. The summed E-state index contributed by atoms with van der Waals surface area (Å²) in [5.41, 5.74) is 0.970. The molecule has 0 radical (unpaired) electrons. The molecule has 24 heavy (non-hydrogen) atoms. The van der Waals surface area contributed by atoms with Gasteiger partial charge in [-0.25, -0.2) is 9.59 Å². The molecule has 1 heterocycles. The van der Waals surface area contributed by atoms with E-state index in [2.05, 4.69) is 5.32 Å². The molecule has 2 aromatic carbocycles. The van der Waals surface area contributed by atoms with Crippen molar-refractivity contribution < 1.29 is 19.1 Å². The van der Waals surface area contributed by atoms with Crippen molar-refractivity contribution in [2.75, 3.05) is 5.32 Å². The Hall–Kier alpha value is -3.28. The molecule has 0 unspecified atom stereocenters.